The van der Waals surface area contributed by atoms with E-state index in [1.165, 1.54) is 12.0 Å². The van der Waals surface area contributed by atoms with Crippen molar-refractivity contribution in [3.63, 3.8) is 0 Å². The number of allylic oxidation sites excluding steroid dienone is 1. The highest BCUT2D eigenvalue weighted by atomic mass is 16.5. The summed E-state index contributed by atoms with van der Waals surface area (Å²) in [5.41, 5.74) is 7.48. The quantitative estimate of drug-likeness (QED) is 0.132. The van der Waals surface area contributed by atoms with Gasteiger partial charge in [-0.3, -0.25) is 5.10 Å². The van der Waals surface area contributed by atoms with Crippen LogP contribution in [0.15, 0.2) is 79.0 Å². The molecule has 4 aromatic rings. The number of unbranched alkanes of at least 4 members (excludes halogenated alkanes) is 2. The molecule has 0 aliphatic carbocycles. The molecule has 1 aromatic heterocycles. The van der Waals surface area contributed by atoms with Crippen molar-refractivity contribution in [2.75, 3.05) is 6.61 Å². The lowest BCUT2D eigenvalue weighted by molar-refractivity contribution is -0.131. The molecule has 0 unspecified atom stereocenters. The van der Waals surface area contributed by atoms with E-state index in [4.69, 9.17) is 9.84 Å². The molecule has 0 saturated heterocycles. The number of H-pyrrole nitrogens is 1. The van der Waals surface area contributed by atoms with E-state index in [0.29, 0.717) is 0 Å². The number of hydrogen-bond acceptors (Lipinski definition) is 3. The van der Waals surface area contributed by atoms with Crippen LogP contribution < -0.4 is 4.74 Å². The van der Waals surface area contributed by atoms with Gasteiger partial charge in [0.2, 0.25) is 0 Å². The lowest BCUT2D eigenvalue weighted by Crippen LogP contribution is -1.99. The molecule has 0 spiro atoms. The minimum absolute atomic E-state index is 0.720. The number of fused-ring (bicyclic) bond motifs is 1. The number of carboxylic acids is 1. The monoisotopic (exact) mass is 480 g/mol. The van der Waals surface area contributed by atoms with Gasteiger partial charge in [-0.2, -0.15) is 5.10 Å². The predicted octanol–water partition coefficient (Wildman–Crippen LogP) is 7.60. The minimum Gasteiger partial charge on any atom is -0.494 e. The number of aromatic nitrogens is 2. The number of carboxylic acid groups (broad SMARTS) is 1. The SMILES string of the molecule is CCCCCOc1cccc(C(CC)=C(c2ccc(C=CC(=O)O)cc2)c2ccc3[nH]ncc3c2)c1. The summed E-state index contributed by atoms with van der Waals surface area (Å²) in [7, 11) is 0. The molecule has 0 bridgehead atoms. The molecule has 5 heteroatoms. The molecular weight excluding hydrogens is 448 g/mol. The molecule has 4 rings (SSSR count). The van der Waals surface area contributed by atoms with E-state index in [1.54, 1.807) is 6.08 Å². The Morgan fingerprint density at radius 1 is 0.972 bits per heavy atom. The Morgan fingerprint density at radius 2 is 1.78 bits per heavy atom. The third kappa shape index (κ3) is 6.11. The van der Waals surface area contributed by atoms with Crippen molar-refractivity contribution in [1.29, 1.82) is 0 Å². The number of hydrogen-bond donors (Lipinski definition) is 2. The molecule has 0 amide bonds. The molecular formula is C31H32N2O3. The first kappa shape index (κ1) is 25.0. The number of nitrogens with zero attached hydrogens (tertiary/aromatic N) is 1. The highest BCUT2D eigenvalue weighted by molar-refractivity contribution is 6.00. The fraction of sp³-hybridized carbons (Fsp3) is 0.226. The Balaban J connectivity index is 1.80. The summed E-state index contributed by atoms with van der Waals surface area (Å²) >= 11 is 0. The Bertz CT molecular complexity index is 1380. The van der Waals surface area contributed by atoms with Crippen LogP contribution in [0, 0.1) is 0 Å². The number of rotatable bonds is 11. The molecule has 0 radical (unpaired) electrons. The van der Waals surface area contributed by atoms with Crippen LogP contribution in [-0.2, 0) is 4.79 Å². The molecule has 36 heavy (non-hydrogen) atoms. The normalized spacial score (nSPS) is 12.2. The Labute approximate surface area is 212 Å². The van der Waals surface area contributed by atoms with Crippen LogP contribution in [0.5, 0.6) is 5.75 Å². The molecule has 0 saturated carbocycles. The number of benzene rings is 3. The van der Waals surface area contributed by atoms with Gasteiger partial charge in [-0.25, -0.2) is 4.79 Å². The van der Waals surface area contributed by atoms with E-state index >= 15 is 0 Å². The second-order valence-corrected chi connectivity index (χ2v) is 8.76. The van der Waals surface area contributed by atoms with E-state index < -0.39 is 5.97 Å². The maximum atomic E-state index is 10.9. The minimum atomic E-state index is -0.960. The molecule has 5 nitrogen and oxygen atoms in total. The van der Waals surface area contributed by atoms with Gasteiger partial charge in [-0.05, 0) is 76.6 Å². The van der Waals surface area contributed by atoms with Crippen molar-refractivity contribution < 1.29 is 14.6 Å². The maximum Gasteiger partial charge on any atom is 0.328 e. The summed E-state index contributed by atoms with van der Waals surface area (Å²) in [5.74, 6) is -0.0773. The highest BCUT2D eigenvalue weighted by Gasteiger charge is 2.15. The number of carbonyl (C=O) groups is 1. The highest BCUT2D eigenvalue weighted by Crippen LogP contribution is 2.36. The number of ether oxygens (including phenoxy) is 1. The van der Waals surface area contributed by atoms with Crippen molar-refractivity contribution in [3.05, 3.63) is 101 Å². The fourth-order valence-corrected chi connectivity index (χ4v) is 4.38. The predicted molar refractivity (Wildman–Crippen MR) is 147 cm³/mol. The first-order valence-electron chi connectivity index (χ1n) is 12.5. The largest absolute Gasteiger partial charge is 0.494 e. The molecule has 0 fully saturated rings. The van der Waals surface area contributed by atoms with Gasteiger partial charge in [0.1, 0.15) is 5.75 Å². The Morgan fingerprint density at radius 3 is 2.53 bits per heavy atom. The van der Waals surface area contributed by atoms with Crippen LogP contribution in [0.1, 0.15) is 61.8 Å². The van der Waals surface area contributed by atoms with Crippen molar-refractivity contribution >= 4 is 34.1 Å². The van der Waals surface area contributed by atoms with E-state index in [1.807, 2.05) is 24.4 Å². The maximum absolute atomic E-state index is 10.9. The lowest BCUT2D eigenvalue weighted by Gasteiger charge is -2.17. The van der Waals surface area contributed by atoms with Crippen molar-refractivity contribution in [1.82, 2.24) is 10.2 Å². The topological polar surface area (TPSA) is 75.2 Å². The molecule has 3 aromatic carbocycles. The molecule has 184 valence electrons. The summed E-state index contributed by atoms with van der Waals surface area (Å²) in [4.78, 5) is 10.9. The molecule has 0 aliphatic rings. The second kappa shape index (κ2) is 12.0. The van der Waals surface area contributed by atoms with Crippen molar-refractivity contribution in [2.45, 2.75) is 39.5 Å². The zero-order chi connectivity index (χ0) is 25.3. The third-order valence-electron chi connectivity index (χ3n) is 6.20. The van der Waals surface area contributed by atoms with Crippen LogP contribution >= 0.6 is 0 Å². The van der Waals surface area contributed by atoms with Crippen LogP contribution in [0.25, 0.3) is 28.1 Å². The summed E-state index contributed by atoms with van der Waals surface area (Å²) in [6, 6.07) is 22.7. The lowest BCUT2D eigenvalue weighted by atomic mass is 9.87. The fourth-order valence-electron chi connectivity index (χ4n) is 4.38. The third-order valence-corrected chi connectivity index (χ3v) is 6.20. The summed E-state index contributed by atoms with van der Waals surface area (Å²) < 4.78 is 6.05. The zero-order valence-electron chi connectivity index (χ0n) is 20.8. The van der Waals surface area contributed by atoms with Gasteiger partial charge in [0.15, 0.2) is 0 Å². The smallest absolute Gasteiger partial charge is 0.328 e. The Kier molecular flexibility index (Phi) is 8.35. The van der Waals surface area contributed by atoms with Crippen LogP contribution in [0.4, 0.5) is 0 Å². The van der Waals surface area contributed by atoms with Crippen molar-refractivity contribution in [3.8, 4) is 5.75 Å². The van der Waals surface area contributed by atoms with Crippen molar-refractivity contribution in [2.24, 2.45) is 0 Å². The van der Waals surface area contributed by atoms with Crippen LogP contribution in [-0.4, -0.2) is 27.9 Å². The zero-order valence-corrected chi connectivity index (χ0v) is 20.8. The van der Waals surface area contributed by atoms with E-state index in [9.17, 15) is 4.79 Å². The van der Waals surface area contributed by atoms with Gasteiger partial charge in [0, 0.05) is 11.5 Å². The van der Waals surface area contributed by atoms with Gasteiger partial charge in [-0.1, -0.05) is 69.2 Å². The van der Waals surface area contributed by atoms with Gasteiger partial charge in [0.05, 0.1) is 18.3 Å². The van der Waals surface area contributed by atoms with E-state index in [-0.39, 0.29) is 0 Å². The van der Waals surface area contributed by atoms with E-state index in [0.717, 1.165) is 76.4 Å². The molecule has 2 N–H and O–H groups in total. The summed E-state index contributed by atoms with van der Waals surface area (Å²) in [5, 5.41) is 17.2. The van der Waals surface area contributed by atoms with Gasteiger partial charge in [0.25, 0.3) is 0 Å². The number of nitrogens with one attached hydrogen (secondary N) is 1. The second-order valence-electron chi connectivity index (χ2n) is 8.76. The Hall–Kier alpha value is -4.12. The average molecular weight is 481 g/mol. The van der Waals surface area contributed by atoms with Gasteiger partial charge < -0.3 is 9.84 Å². The van der Waals surface area contributed by atoms with Gasteiger partial charge in [-0.15, -0.1) is 0 Å². The van der Waals surface area contributed by atoms with Crippen LogP contribution in [0.2, 0.25) is 0 Å². The molecule has 0 atom stereocenters. The first-order chi connectivity index (χ1) is 17.6. The van der Waals surface area contributed by atoms with E-state index in [2.05, 4.69) is 72.6 Å². The molecule has 1 heterocycles. The molecule has 0 aliphatic heterocycles. The number of aromatic amines is 1. The number of aliphatic carboxylic acids is 1. The summed E-state index contributed by atoms with van der Waals surface area (Å²) in [6.07, 6.45) is 8.82. The van der Waals surface area contributed by atoms with Gasteiger partial charge >= 0.3 is 5.97 Å². The first-order valence-corrected chi connectivity index (χ1v) is 12.5. The summed E-state index contributed by atoms with van der Waals surface area (Å²) in [6.45, 7) is 5.08. The average Bonchev–Trinajstić information content (AvgIpc) is 3.37. The van der Waals surface area contributed by atoms with Crippen LogP contribution in [0.3, 0.4) is 0 Å². The standard InChI is InChI=1S/C31H32N2O3/c1-3-5-6-18-36-27-9-7-8-24(20-27)28(4-2)31(25-15-16-29-26(19-25)21-32-33-29)23-13-10-22(11-14-23)12-17-30(34)35/h7-17,19-21H,3-6,18H2,1-2H3,(H,32,33)(H,34,35).